The highest BCUT2D eigenvalue weighted by Gasteiger charge is 2.53. The number of hydrogen-bond acceptors (Lipinski definition) is 0. The minimum Gasteiger partial charge on any atom is -0.0879 e. The van der Waals surface area contributed by atoms with E-state index in [1.807, 2.05) is 0 Å². The zero-order valence-corrected chi connectivity index (χ0v) is 22.3. The SMILES string of the molecule is CC=C(C(C)C(CC)C(C)C)C(CC)C(CC(C)CC)C(C)(C)C1CC1C(C)C. The molecule has 7 atom stereocenters. The van der Waals surface area contributed by atoms with E-state index in [4.69, 9.17) is 0 Å². The minimum atomic E-state index is 0.437. The lowest BCUT2D eigenvalue weighted by atomic mass is 9.60. The zero-order valence-electron chi connectivity index (χ0n) is 22.3. The van der Waals surface area contributed by atoms with Crippen molar-refractivity contribution in [2.24, 2.45) is 58.7 Å². The average Bonchev–Trinajstić information content (AvgIpc) is 3.46. The van der Waals surface area contributed by atoms with Crippen LogP contribution in [0.1, 0.15) is 115 Å². The van der Waals surface area contributed by atoms with Gasteiger partial charge in [-0.2, -0.15) is 0 Å². The van der Waals surface area contributed by atoms with Gasteiger partial charge in [-0.05, 0) is 84.9 Å². The Morgan fingerprint density at radius 1 is 0.931 bits per heavy atom. The summed E-state index contributed by atoms with van der Waals surface area (Å²) in [6, 6.07) is 0. The second kappa shape index (κ2) is 11.4. The first-order valence-corrected chi connectivity index (χ1v) is 13.1. The summed E-state index contributed by atoms with van der Waals surface area (Å²) < 4.78 is 0. The topological polar surface area (TPSA) is 0 Å². The Bertz CT molecular complexity index is 494. The summed E-state index contributed by atoms with van der Waals surface area (Å²) in [6.07, 6.45) is 9.28. The molecular weight excluding hydrogens is 348 g/mol. The van der Waals surface area contributed by atoms with E-state index in [9.17, 15) is 0 Å². The van der Waals surface area contributed by atoms with Gasteiger partial charge >= 0.3 is 0 Å². The molecule has 0 N–H and O–H groups in total. The van der Waals surface area contributed by atoms with Gasteiger partial charge in [0.1, 0.15) is 0 Å². The predicted octanol–water partition coefficient (Wildman–Crippen LogP) is 9.65. The van der Waals surface area contributed by atoms with Crippen LogP contribution in [0.25, 0.3) is 0 Å². The summed E-state index contributed by atoms with van der Waals surface area (Å²) in [4.78, 5) is 0. The van der Waals surface area contributed by atoms with Crippen LogP contribution < -0.4 is 0 Å². The molecule has 1 aliphatic carbocycles. The van der Waals surface area contributed by atoms with Gasteiger partial charge in [-0.1, -0.05) is 101 Å². The summed E-state index contributed by atoms with van der Waals surface area (Å²) in [5.41, 5.74) is 2.21. The third-order valence-electron chi connectivity index (χ3n) is 9.14. The Morgan fingerprint density at radius 2 is 1.52 bits per heavy atom. The first-order valence-electron chi connectivity index (χ1n) is 13.1. The Kier molecular flexibility index (Phi) is 10.5. The molecule has 0 radical (unpaired) electrons. The van der Waals surface area contributed by atoms with Crippen LogP contribution >= 0.6 is 0 Å². The van der Waals surface area contributed by atoms with Crippen molar-refractivity contribution < 1.29 is 0 Å². The first-order chi connectivity index (χ1) is 13.5. The second-order valence-electron chi connectivity index (χ2n) is 11.8. The molecule has 1 saturated carbocycles. The van der Waals surface area contributed by atoms with Gasteiger partial charge in [0.15, 0.2) is 0 Å². The fourth-order valence-corrected chi connectivity index (χ4v) is 6.89. The van der Waals surface area contributed by atoms with Gasteiger partial charge in [0.2, 0.25) is 0 Å². The first kappa shape index (κ1) is 26.8. The highest BCUT2D eigenvalue weighted by molar-refractivity contribution is 5.15. The summed E-state index contributed by atoms with van der Waals surface area (Å²) in [6.45, 7) is 29.6. The normalized spacial score (nSPS) is 25.8. The molecule has 29 heavy (non-hydrogen) atoms. The van der Waals surface area contributed by atoms with Crippen molar-refractivity contribution in [2.75, 3.05) is 0 Å². The van der Waals surface area contributed by atoms with Crippen LogP contribution in [-0.4, -0.2) is 0 Å². The highest BCUT2D eigenvalue weighted by Crippen LogP contribution is 2.60. The molecule has 0 heteroatoms. The molecule has 0 spiro atoms. The van der Waals surface area contributed by atoms with Crippen LogP contribution in [0.5, 0.6) is 0 Å². The van der Waals surface area contributed by atoms with E-state index in [2.05, 4.69) is 89.2 Å². The molecule has 172 valence electrons. The number of allylic oxidation sites excluding steroid dienone is 2. The standard InChI is InChI=1S/C29H56/c1-13-21(9)17-27(29(11,12)28-18-26(28)20(7)8)25(16-4)24(15-3)22(10)23(14-2)19(5)6/h15,19-23,25-28H,13-14,16-18H2,1-12H3. The molecule has 7 unspecified atom stereocenters. The molecule has 0 nitrogen and oxygen atoms in total. The van der Waals surface area contributed by atoms with Crippen molar-refractivity contribution in [3.05, 3.63) is 11.6 Å². The fraction of sp³-hybridized carbons (Fsp3) is 0.931. The third kappa shape index (κ3) is 6.36. The van der Waals surface area contributed by atoms with Crippen LogP contribution in [0, 0.1) is 58.7 Å². The molecule has 0 aromatic heterocycles. The van der Waals surface area contributed by atoms with E-state index in [0.717, 1.165) is 47.3 Å². The number of rotatable bonds is 13. The van der Waals surface area contributed by atoms with Gasteiger partial charge in [0.05, 0.1) is 0 Å². The van der Waals surface area contributed by atoms with Gasteiger partial charge < -0.3 is 0 Å². The van der Waals surface area contributed by atoms with Crippen LogP contribution in [0.4, 0.5) is 0 Å². The lowest BCUT2D eigenvalue weighted by Gasteiger charge is -2.45. The Balaban J connectivity index is 3.28. The van der Waals surface area contributed by atoms with Gasteiger partial charge in [-0.25, -0.2) is 0 Å². The Hall–Kier alpha value is -0.260. The van der Waals surface area contributed by atoms with Gasteiger partial charge in [-0.15, -0.1) is 0 Å². The van der Waals surface area contributed by atoms with E-state index >= 15 is 0 Å². The summed E-state index contributed by atoms with van der Waals surface area (Å²) in [5, 5.41) is 0. The molecule has 0 aromatic rings. The van der Waals surface area contributed by atoms with E-state index in [1.165, 1.54) is 32.1 Å². The van der Waals surface area contributed by atoms with Crippen molar-refractivity contribution in [3.63, 3.8) is 0 Å². The van der Waals surface area contributed by atoms with Crippen molar-refractivity contribution >= 4 is 0 Å². The Morgan fingerprint density at radius 3 is 1.86 bits per heavy atom. The average molecular weight is 405 g/mol. The lowest BCUT2D eigenvalue weighted by molar-refractivity contribution is 0.0817. The highest BCUT2D eigenvalue weighted by atomic mass is 14.6. The summed E-state index contributed by atoms with van der Waals surface area (Å²) >= 11 is 0. The predicted molar refractivity (Wildman–Crippen MR) is 133 cm³/mol. The maximum absolute atomic E-state index is 2.63. The summed E-state index contributed by atoms with van der Waals surface area (Å²) in [5.74, 6) is 7.34. The molecular formula is C29H56. The second-order valence-corrected chi connectivity index (χ2v) is 11.8. The maximum atomic E-state index is 2.63. The van der Waals surface area contributed by atoms with E-state index in [0.29, 0.717) is 11.3 Å². The minimum absolute atomic E-state index is 0.437. The van der Waals surface area contributed by atoms with Gasteiger partial charge in [0, 0.05) is 0 Å². The van der Waals surface area contributed by atoms with Crippen molar-refractivity contribution in [3.8, 4) is 0 Å². The molecule has 0 aliphatic heterocycles. The quantitative estimate of drug-likeness (QED) is 0.268. The van der Waals surface area contributed by atoms with E-state index in [1.54, 1.807) is 5.57 Å². The van der Waals surface area contributed by atoms with Crippen LogP contribution in [-0.2, 0) is 0 Å². The van der Waals surface area contributed by atoms with Crippen molar-refractivity contribution in [2.45, 2.75) is 115 Å². The monoisotopic (exact) mass is 404 g/mol. The molecule has 0 amide bonds. The zero-order chi connectivity index (χ0) is 22.5. The summed E-state index contributed by atoms with van der Waals surface area (Å²) in [7, 11) is 0. The molecule has 1 aliphatic rings. The van der Waals surface area contributed by atoms with Gasteiger partial charge in [-0.3, -0.25) is 0 Å². The number of hydrogen-bond donors (Lipinski definition) is 0. The van der Waals surface area contributed by atoms with E-state index < -0.39 is 0 Å². The van der Waals surface area contributed by atoms with Gasteiger partial charge in [0.25, 0.3) is 0 Å². The molecule has 1 fully saturated rings. The van der Waals surface area contributed by atoms with Crippen LogP contribution in [0.15, 0.2) is 11.6 Å². The smallest absolute Gasteiger partial charge is 0.0170 e. The third-order valence-corrected chi connectivity index (χ3v) is 9.14. The molecule has 0 bridgehead atoms. The van der Waals surface area contributed by atoms with Crippen molar-refractivity contribution in [1.29, 1.82) is 0 Å². The molecule has 0 aromatic carbocycles. The maximum Gasteiger partial charge on any atom is -0.0170 e. The molecule has 0 heterocycles. The van der Waals surface area contributed by atoms with E-state index in [-0.39, 0.29) is 0 Å². The van der Waals surface area contributed by atoms with Crippen LogP contribution in [0.2, 0.25) is 0 Å². The Labute approximate surface area is 185 Å². The molecule has 0 saturated heterocycles. The van der Waals surface area contributed by atoms with Crippen LogP contribution in [0.3, 0.4) is 0 Å². The fourth-order valence-electron chi connectivity index (χ4n) is 6.89. The molecule has 1 rings (SSSR count). The lowest BCUT2D eigenvalue weighted by Crippen LogP contribution is -2.37. The van der Waals surface area contributed by atoms with Crippen molar-refractivity contribution in [1.82, 2.24) is 0 Å². The largest absolute Gasteiger partial charge is 0.0879 e.